The normalized spacial score (nSPS) is 17.8. The summed E-state index contributed by atoms with van der Waals surface area (Å²) in [4.78, 5) is 3.03. The average Bonchev–Trinajstić information content (AvgIpc) is 2.85. The van der Waals surface area contributed by atoms with Gasteiger partial charge in [-0.05, 0) is 42.4 Å². The van der Waals surface area contributed by atoms with Crippen LogP contribution in [0.2, 0.25) is 0 Å². The molecule has 3 rings (SSSR count). The van der Waals surface area contributed by atoms with Crippen LogP contribution in [-0.2, 0) is 12.8 Å². The number of imidazole rings is 1. The molecule has 2 heterocycles. The molecule has 1 aliphatic heterocycles. The molecule has 1 unspecified atom stereocenters. The molecule has 0 fully saturated rings. The van der Waals surface area contributed by atoms with Gasteiger partial charge in [-0.15, -0.1) is 0 Å². The van der Waals surface area contributed by atoms with Crippen LogP contribution in [0.3, 0.4) is 0 Å². The Balaban J connectivity index is 1.94. The summed E-state index contributed by atoms with van der Waals surface area (Å²) in [6, 6.07) is 6.45. The third-order valence-corrected chi connectivity index (χ3v) is 3.91. The second-order valence-electron chi connectivity index (χ2n) is 4.77. The third kappa shape index (κ3) is 2.31. The van der Waals surface area contributed by atoms with E-state index in [1.54, 1.807) is 0 Å². The highest BCUT2D eigenvalue weighted by molar-refractivity contribution is 7.71. The number of rotatable bonds is 3. The molecule has 1 aromatic heterocycles. The van der Waals surface area contributed by atoms with Gasteiger partial charge in [0.05, 0.1) is 6.04 Å². The molecule has 1 atom stereocenters. The van der Waals surface area contributed by atoms with Crippen LogP contribution in [0.15, 0.2) is 30.6 Å². The van der Waals surface area contributed by atoms with Crippen molar-refractivity contribution >= 4 is 12.2 Å². The number of aromatic nitrogens is 2. The standard InChI is InChI=1S/C14H17N3OS/c15-5-4-10-2-1-3-13-12(10)8-11(9-18-13)17-7-6-16-14(17)19/h1-3,6-7,11H,4-5,8-9,15H2,(H,16,19). The fraction of sp³-hybridized carbons (Fsp3) is 0.357. The summed E-state index contributed by atoms with van der Waals surface area (Å²) < 4.78 is 8.69. The molecule has 0 bridgehead atoms. The number of fused-ring (bicyclic) bond motifs is 1. The highest BCUT2D eigenvalue weighted by Crippen LogP contribution is 2.32. The lowest BCUT2D eigenvalue weighted by atomic mass is 9.95. The van der Waals surface area contributed by atoms with Crippen LogP contribution in [0.1, 0.15) is 17.2 Å². The summed E-state index contributed by atoms with van der Waals surface area (Å²) in [5.41, 5.74) is 8.23. The van der Waals surface area contributed by atoms with E-state index < -0.39 is 0 Å². The first-order valence-electron chi connectivity index (χ1n) is 6.48. The van der Waals surface area contributed by atoms with Gasteiger partial charge >= 0.3 is 0 Å². The molecule has 0 saturated carbocycles. The monoisotopic (exact) mass is 275 g/mol. The molecule has 0 saturated heterocycles. The van der Waals surface area contributed by atoms with Gasteiger partial charge in [-0.2, -0.15) is 0 Å². The number of aromatic amines is 1. The Labute approximate surface area is 117 Å². The second-order valence-corrected chi connectivity index (χ2v) is 5.16. The summed E-state index contributed by atoms with van der Waals surface area (Å²) >= 11 is 5.28. The highest BCUT2D eigenvalue weighted by atomic mass is 32.1. The van der Waals surface area contributed by atoms with Crippen LogP contribution in [0.25, 0.3) is 0 Å². The molecule has 4 nitrogen and oxygen atoms in total. The Hall–Kier alpha value is -1.59. The minimum absolute atomic E-state index is 0.255. The van der Waals surface area contributed by atoms with Crippen molar-refractivity contribution < 1.29 is 4.74 Å². The molecule has 3 N–H and O–H groups in total. The molecular formula is C14H17N3OS. The van der Waals surface area contributed by atoms with E-state index in [1.807, 2.05) is 24.5 Å². The Bertz CT molecular complexity index is 632. The highest BCUT2D eigenvalue weighted by Gasteiger charge is 2.23. The summed E-state index contributed by atoms with van der Waals surface area (Å²) in [7, 11) is 0. The van der Waals surface area contributed by atoms with Crippen LogP contribution < -0.4 is 10.5 Å². The maximum atomic E-state index is 5.88. The Morgan fingerprint density at radius 2 is 2.37 bits per heavy atom. The number of ether oxygens (including phenoxy) is 1. The van der Waals surface area contributed by atoms with Crippen molar-refractivity contribution in [1.29, 1.82) is 0 Å². The lowest BCUT2D eigenvalue weighted by Crippen LogP contribution is -2.25. The van der Waals surface area contributed by atoms with Crippen molar-refractivity contribution in [2.24, 2.45) is 5.73 Å². The maximum absolute atomic E-state index is 5.88. The average molecular weight is 275 g/mol. The quantitative estimate of drug-likeness (QED) is 0.845. The molecule has 5 heteroatoms. The Morgan fingerprint density at radius 3 is 3.11 bits per heavy atom. The molecular weight excluding hydrogens is 258 g/mol. The SMILES string of the molecule is NCCc1cccc2c1CC(n1cc[nH]c1=S)CO2. The molecule has 2 aromatic rings. The molecule has 1 aromatic carbocycles. The van der Waals surface area contributed by atoms with Gasteiger partial charge in [0.1, 0.15) is 12.4 Å². The van der Waals surface area contributed by atoms with Crippen molar-refractivity contribution in [2.75, 3.05) is 13.2 Å². The molecule has 0 aliphatic carbocycles. The first kappa shape index (κ1) is 12.4. The van der Waals surface area contributed by atoms with Gasteiger partial charge in [0.2, 0.25) is 0 Å². The van der Waals surface area contributed by atoms with Gasteiger partial charge in [0.25, 0.3) is 0 Å². The largest absolute Gasteiger partial charge is 0.491 e. The molecule has 0 amide bonds. The van der Waals surface area contributed by atoms with Crippen LogP contribution in [0, 0.1) is 4.77 Å². The molecule has 1 aliphatic rings. The van der Waals surface area contributed by atoms with Crippen molar-refractivity contribution in [2.45, 2.75) is 18.9 Å². The number of hydrogen-bond donors (Lipinski definition) is 2. The first-order valence-corrected chi connectivity index (χ1v) is 6.89. The van der Waals surface area contributed by atoms with Gasteiger partial charge in [-0.3, -0.25) is 0 Å². The second kappa shape index (κ2) is 5.19. The predicted molar refractivity (Wildman–Crippen MR) is 77.1 cm³/mol. The van der Waals surface area contributed by atoms with Crippen molar-refractivity contribution in [3.05, 3.63) is 46.5 Å². The lowest BCUT2D eigenvalue weighted by molar-refractivity contribution is 0.222. The summed E-state index contributed by atoms with van der Waals surface area (Å²) in [5.74, 6) is 0.990. The Kier molecular flexibility index (Phi) is 3.40. The van der Waals surface area contributed by atoms with E-state index in [1.165, 1.54) is 11.1 Å². The van der Waals surface area contributed by atoms with Gasteiger partial charge in [-0.25, -0.2) is 0 Å². The number of hydrogen-bond acceptors (Lipinski definition) is 3. The van der Waals surface area contributed by atoms with Crippen molar-refractivity contribution in [1.82, 2.24) is 9.55 Å². The zero-order valence-corrected chi connectivity index (χ0v) is 11.5. The predicted octanol–water partition coefficient (Wildman–Crippen LogP) is 2.22. The van der Waals surface area contributed by atoms with E-state index in [0.717, 1.165) is 23.4 Å². The number of H-pyrrole nitrogens is 1. The minimum Gasteiger partial charge on any atom is -0.491 e. The van der Waals surface area contributed by atoms with Crippen molar-refractivity contribution in [3.63, 3.8) is 0 Å². The van der Waals surface area contributed by atoms with Gasteiger partial charge in [0, 0.05) is 18.8 Å². The lowest BCUT2D eigenvalue weighted by Gasteiger charge is -2.28. The van der Waals surface area contributed by atoms with E-state index >= 15 is 0 Å². The minimum atomic E-state index is 0.255. The zero-order valence-electron chi connectivity index (χ0n) is 10.6. The Morgan fingerprint density at radius 1 is 1.47 bits per heavy atom. The molecule has 0 radical (unpaired) electrons. The van der Waals surface area contributed by atoms with E-state index in [-0.39, 0.29) is 6.04 Å². The van der Waals surface area contributed by atoms with Crippen LogP contribution in [0.4, 0.5) is 0 Å². The molecule has 100 valence electrons. The number of benzene rings is 1. The fourth-order valence-electron chi connectivity index (χ4n) is 2.65. The fourth-order valence-corrected chi connectivity index (χ4v) is 2.92. The van der Waals surface area contributed by atoms with Crippen LogP contribution in [-0.4, -0.2) is 22.7 Å². The summed E-state index contributed by atoms with van der Waals surface area (Å²) in [5, 5.41) is 0. The molecule has 0 spiro atoms. The maximum Gasteiger partial charge on any atom is 0.177 e. The van der Waals surface area contributed by atoms with E-state index in [2.05, 4.69) is 15.6 Å². The molecule has 19 heavy (non-hydrogen) atoms. The van der Waals surface area contributed by atoms with E-state index in [0.29, 0.717) is 13.2 Å². The smallest absolute Gasteiger partial charge is 0.177 e. The topological polar surface area (TPSA) is 56.0 Å². The van der Waals surface area contributed by atoms with Gasteiger partial charge < -0.3 is 20.0 Å². The van der Waals surface area contributed by atoms with Crippen LogP contribution in [0.5, 0.6) is 5.75 Å². The zero-order chi connectivity index (χ0) is 13.2. The van der Waals surface area contributed by atoms with Gasteiger partial charge in [-0.1, -0.05) is 12.1 Å². The number of nitrogens with one attached hydrogen (secondary N) is 1. The third-order valence-electron chi connectivity index (χ3n) is 3.58. The van der Waals surface area contributed by atoms with E-state index in [4.69, 9.17) is 22.7 Å². The summed E-state index contributed by atoms with van der Waals surface area (Å²) in [6.45, 7) is 1.32. The number of nitrogens with two attached hydrogens (primary N) is 1. The first-order chi connectivity index (χ1) is 9.29. The van der Waals surface area contributed by atoms with E-state index in [9.17, 15) is 0 Å². The number of nitrogens with zero attached hydrogens (tertiary/aromatic N) is 1. The van der Waals surface area contributed by atoms with Crippen molar-refractivity contribution in [3.8, 4) is 5.75 Å². The van der Waals surface area contributed by atoms with Crippen LogP contribution >= 0.6 is 12.2 Å². The van der Waals surface area contributed by atoms with Gasteiger partial charge in [0.15, 0.2) is 4.77 Å². The summed E-state index contributed by atoms with van der Waals surface area (Å²) in [6.07, 6.45) is 5.67.